The predicted molar refractivity (Wildman–Crippen MR) is 106 cm³/mol. The van der Waals surface area contributed by atoms with E-state index in [0.717, 1.165) is 15.3 Å². The zero-order valence-electron chi connectivity index (χ0n) is 14.6. The van der Waals surface area contributed by atoms with Crippen LogP contribution < -0.4 is 5.32 Å². The number of thiazole rings is 1. The molecule has 3 heterocycles. The Balaban J connectivity index is 1.28. The van der Waals surface area contributed by atoms with Gasteiger partial charge in [0.05, 0.1) is 4.88 Å². The summed E-state index contributed by atoms with van der Waals surface area (Å²) in [5, 5.41) is 9.19. The van der Waals surface area contributed by atoms with Crippen LogP contribution in [0.1, 0.15) is 22.8 Å². The van der Waals surface area contributed by atoms with E-state index < -0.39 is 0 Å². The van der Waals surface area contributed by atoms with Gasteiger partial charge in [-0.25, -0.2) is 9.37 Å². The number of aromatic nitrogens is 3. The Morgan fingerprint density at radius 2 is 2.07 bits per heavy atom. The molecule has 1 aromatic carbocycles. The van der Waals surface area contributed by atoms with Crippen LogP contribution in [0.4, 0.5) is 9.52 Å². The van der Waals surface area contributed by atoms with Crippen molar-refractivity contribution in [2.45, 2.75) is 19.3 Å². The van der Waals surface area contributed by atoms with Crippen LogP contribution in [0.2, 0.25) is 0 Å². The lowest BCUT2D eigenvalue weighted by atomic mass is 10.1. The molecule has 0 saturated heterocycles. The summed E-state index contributed by atoms with van der Waals surface area (Å²) >= 11 is 2.93. The Kier molecular flexibility index (Phi) is 5.54. The second-order valence-corrected chi connectivity index (χ2v) is 8.04. The molecule has 0 atom stereocenters. The number of carbonyl (C=O) groups is 1. The van der Waals surface area contributed by atoms with Crippen LogP contribution in [0.15, 0.2) is 52.5 Å². The molecule has 0 saturated carbocycles. The van der Waals surface area contributed by atoms with Gasteiger partial charge >= 0.3 is 0 Å². The molecule has 9 heteroatoms. The highest BCUT2D eigenvalue weighted by atomic mass is 32.1. The molecule has 1 amide bonds. The van der Waals surface area contributed by atoms with Gasteiger partial charge in [-0.15, -0.1) is 22.7 Å². The Bertz CT molecular complexity index is 1060. The number of thiophene rings is 1. The first kappa shape index (κ1) is 18.5. The highest BCUT2D eigenvalue weighted by molar-refractivity contribution is 7.15. The van der Waals surface area contributed by atoms with E-state index in [2.05, 4.69) is 20.4 Å². The number of anilines is 1. The third-order valence-corrected chi connectivity index (χ3v) is 5.65. The van der Waals surface area contributed by atoms with E-state index in [-0.39, 0.29) is 18.1 Å². The molecule has 142 valence electrons. The zero-order valence-corrected chi connectivity index (χ0v) is 16.2. The quantitative estimate of drug-likeness (QED) is 0.480. The number of carbonyl (C=O) groups excluding carboxylic acids is 1. The number of nitrogens with one attached hydrogen (secondary N) is 1. The Hall–Kier alpha value is -2.91. The number of amides is 1. The van der Waals surface area contributed by atoms with Crippen LogP contribution in [-0.2, 0) is 17.6 Å². The summed E-state index contributed by atoms with van der Waals surface area (Å²) in [4.78, 5) is 22.6. The van der Waals surface area contributed by atoms with E-state index in [9.17, 15) is 9.18 Å². The van der Waals surface area contributed by atoms with E-state index in [4.69, 9.17) is 4.52 Å². The third-order valence-electron chi connectivity index (χ3n) is 3.87. The highest BCUT2D eigenvalue weighted by Crippen LogP contribution is 2.23. The number of aryl methyl sites for hydroxylation is 1. The smallest absolute Gasteiger partial charge is 0.227 e. The fourth-order valence-electron chi connectivity index (χ4n) is 2.51. The number of hydrogen-bond acceptors (Lipinski definition) is 7. The summed E-state index contributed by atoms with van der Waals surface area (Å²) in [6, 6.07) is 10.2. The minimum absolute atomic E-state index is 0.168. The molecule has 4 rings (SSSR count). The standard InChI is InChI=1S/C19H15FN4O2S2/c20-13-5-3-12(4-6-13)10-14-11-21-19(28-14)22-16(25)7-8-17-23-18(24-26-17)15-2-1-9-27-15/h1-6,9,11H,7-8,10H2,(H,21,22,25). The maximum absolute atomic E-state index is 13.0. The largest absolute Gasteiger partial charge is 0.339 e. The first-order chi connectivity index (χ1) is 13.7. The number of halogens is 1. The average molecular weight is 414 g/mol. The van der Waals surface area contributed by atoms with Gasteiger partial charge in [0.1, 0.15) is 5.82 Å². The van der Waals surface area contributed by atoms with Crippen LogP contribution in [0.3, 0.4) is 0 Å². The second-order valence-electron chi connectivity index (χ2n) is 5.97. The van der Waals surface area contributed by atoms with Crippen molar-refractivity contribution in [2.75, 3.05) is 5.32 Å². The van der Waals surface area contributed by atoms with Gasteiger partial charge in [-0.05, 0) is 29.1 Å². The molecule has 28 heavy (non-hydrogen) atoms. The number of hydrogen-bond donors (Lipinski definition) is 1. The average Bonchev–Trinajstić information content (AvgIpc) is 3.44. The van der Waals surface area contributed by atoms with Gasteiger partial charge in [-0.2, -0.15) is 4.98 Å². The van der Waals surface area contributed by atoms with Crippen LogP contribution in [0.25, 0.3) is 10.7 Å². The summed E-state index contributed by atoms with van der Waals surface area (Å²) in [7, 11) is 0. The maximum atomic E-state index is 13.0. The number of nitrogens with zero attached hydrogens (tertiary/aromatic N) is 3. The topological polar surface area (TPSA) is 80.9 Å². The van der Waals surface area contributed by atoms with Crippen LogP contribution >= 0.6 is 22.7 Å². The van der Waals surface area contributed by atoms with Gasteiger partial charge in [-0.3, -0.25) is 4.79 Å². The third kappa shape index (κ3) is 4.68. The molecular weight excluding hydrogens is 399 g/mol. The van der Waals surface area contributed by atoms with Gasteiger partial charge in [0.15, 0.2) is 5.13 Å². The first-order valence-corrected chi connectivity index (χ1v) is 10.2. The maximum Gasteiger partial charge on any atom is 0.227 e. The van der Waals surface area contributed by atoms with Crippen LogP contribution in [0, 0.1) is 5.82 Å². The molecule has 1 N–H and O–H groups in total. The molecule has 0 spiro atoms. The molecule has 0 aliphatic rings. The number of rotatable bonds is 7. The summed E-state index contributed by atoms with van der Waals surface area (Å²) in [6.45, 7) is 0. The van der Waals surface area contributed by atoms with Gasteiger partial charge in [0, 0.05) is 30.3 Å². The lowest BCUT2D eigenvalue weighted by Crippen LogP contribution is -2.12. The molecule has 0 bridgehead atoms. The zero-order chi connectivity index (χ0) is 19.3. The molecule has 0 radical (unpaired) electrons. The minimum atomic E-state index is -0.259. The summed E-state index contributed by atoms with van der Waals surface area (Å²) < 4.78 is 18.2. The lowest BCUT2D eigenvalue weighted by Gasteiger charge is -1.99. The van der Waals surface area contributed by atoms with Crippen molar-refractivity contribution in [3.8, 4) is 10.7 Å². The fourth-order valence-corrected chi connectivity index (χ4v) is 4.03. The van der Waals surface area contributed by atoms with Crippen molar-refractivity contribution in [3.05, 3.63) is 70.1 Å². The van der Waals surface area contributed by atoms with Crippen molar-refractivity contribution >= 4 is 33.7 Å². The fraction of sp³-hybridized carbons (Fsp3) is 0.158. The van der Waals surface area contributed by atoms with E-state index in [1.54, 1.807) is 18.3 Å². The van der Waals surface area contributed by atoms with E-state index >= 15 is 0 Å². The lowest BCUT2D eigenvalue weighted by molar-refractivity contribution is -0.116. The highest BCUT2D eigenvalue weighted by Gasteiger charge is 2.12. The molecular formula is C19H15FN4O2S2. The Morgan fingerprint density at radius 1 is 1.21 bits per heavy atom. The van der Waals surface area contributed by atoms with E-state index in [1.807, 2.05) is 17.5 Å². The Morgan fingerprint density at radius 3 is 2.86 bits per heavy atom. The van der Waals surface area contributed by atoms with Crippen LogP contribution in [-0.4, -0.2) is 21.0 Å². The van der Waals surface area contributed by atoms with Gasteiger partial charge in [-0.1, -0.05) is 23.4 Å². The van der Waals surface area contributed by atoms with Gasteiger partial charge in [0.25, 0.3) is 0 Å². The van der Waals surface area contributed by atoms with Crippen molar-refractivity contribution in [1.82, 2.24) is 15.1 Å². The summed E-state index contributed by atoms with van der Waals surface area (Å²) in [5.41, 5.74) is 0.987. The Labute approximate surface area is 168 Å². The second kappa shape index (κ2) is 8.41. The molecule has 0 aliphatic carbocycles. The summed E-state index contributed by atoms with van der Waals surface area (Å²) in [6.07, 6.45) is 2.94. The molecule has 6 nitrogen and oxygen atoms in total. The van der Waals surface area contributed by atoms with Crippen molar-refractivity contribution in [2.24, 2.45) is 0 Å². The van der Waals surface area contributed by atoms with Gasteiger partial charge in [0.2, 0.25) is 17.6 Å². The van der Waals surface area contributed by atoms with E-state index in [0.29, 0.717) is 29.7 Å². The van der Waals surface area contributed by atoms with Crippen molar-refractivity contribution in [3.63, 3.8) is 0 Å². The van der Waals surface area contributed by atoms with Crippen molar-refractivity contribution < 1.29 is 13.7 Å². The SMILES string of the molecule is O=C(CCc1nc(-c2cccs2)no1)Nc1ncc(Cc2ccc(F)cc2)s1. The molecule has 3 aromatic heterocycles. The first-order valence-electron chi connectivity index (χ1n) is 8.51. The molecule has 0 aliphatic heterocycles. The summed E-state index contributed by atoms with van der Waals surface area (Å²) in [5.74, 6) is 0.536. The minimum Gasteiger partial charge on any atom is -0.339 e. The van der Waals surface area contributed by atoms with E-state index in [1.165, 1.54) is 34.8 Å². The normalized spacial score (nSPS) is 10.9. The monoisotopic (exact) mass is 414 g/mol. The predicted octanol–water partition coefficient (Wildman–Crippen LogP) is 4.56. The molecule has 4 aromatic rings. The molecule has 0 unspecified atom stereocenters. The molecule has 0 fully saturated rings. The van der Waals surface area contributed by atoms with Crippen molar-refractivity contribution in [1.29, 1.82) is 0 Å². The van der Waals surface area contributed by atoms with Gasteiger partial charge < -0.3 is 9.84 Å². The van der Waals surface area contributed by atoms with Crippen LogP contribution in [0.5, 0.6) is 0 Å². The number of benzene rings is 1.